The number of amides is 1. The summed E-state index contributed by atoms with van der Waals surface area (Å²) < 4.78 is 15.8. The van der Waals surface area contributed by atoms with Crippen LogP contribution in [-0.4, -0.2) is 42.5 Å². The van der Waals surface area contributed by atoms with E-state index >= 15 is 0 Å². The predicted octanol–water partition coefficient (Wildman–Crippen LogP) is 5.50. The van der Waals surface area contributed by atoms with Gasteiger partial charge in [0.1, 0.15) is 21.9 Å². The van der Waals surface area contributed by atoms with Crippen LogP contribution in [-0.2, 0) is 4.79 Å². The maximum atomic E-state index is 12.9. The number of nitrogens with one attached hydrogen (secondary N) is 1. The number of methoxy groups -OCH3 is 3. The SMILES string of the molecule is COc1ccc(-c2csc3ncnc(SC(C)C(=O)Nc4ccc(OC)c(OC)c4)c23)cc1. The van der Waals surface area contributed by atoms with Crippen molar-refractivity contribution in [3.63, 3.8) is 0 Å². The quantitative estimate of drug-likeness (QED) is 0.263. The van der Waals surface area contributed by atoms with Gasteiger partial charge in [-0.25, -0.2) is 9.97 Å². The average Bonchev–Trinajstić information content (AvgIpc) is 3.29. The van der Waals surface area contributed by atoms with Crippen LogP contribution in [0.15, 0.2) is 59.2 Å². The number of aromatic nitrogens is 2. The number of carbonyl (C=O) groups is 1. The van der Waals surface area contributed by atoms with Gasteiger partial charge < -0.3 is 19.5 Å². The molecule has 0 saturated carbocycles. The van der Waals surface area contributed by atoms with E-state index in [-0.39, 0.29) is 11.2 Å². The molecule has 170 valence electrons. The Bertz CT molecular complexity index is 1270. The van der Waals surface area contributed by atoms with Crippen molar-refractivity contribution in [2.24, 2.45) is 0 Å². The summed E-state index contributed by atoms with van der Waals surface area (Å²) in [5, 5.41) is 6.33. The van der Waals surface area contributed by atoms with E-state index in [0.29, 0.717) is 17.2 Å². The van der Waals surface area contributed by atoms with Gasteiger partial charge in [0.05, 0.1) is 32.0 Å². The van der Waals surface area contributed by atoms with Crippen LogP contribution in [0.3, 0.4) is 0 Å². The van der Waals surface area contributed by atoms with Crippen LogP contribution >= 0.6 is 23.1 Å². The van der Waals surface area contributed by atoms with Gasteiger partial charge in [-0.3, -0.25) is 4.79 Å². The predicted molar refractivity (Wildman–Crippen MR) is 133 cm³/mol. The van der Waals surface area contributed by atoms with Crippen LogP contribution in [0.25, 0.3) is 21.3 Å². The number of nitrogens with zero attached hydrogens (tertiary/aromatic N) is 2. The third-order valence-electron chi connectivity index (χ3n) is 5.05. The molecule has 33 heavy (non-hydrogen) atoms. The zero-order valence-corrected chi connectivity index (χ0v) is 20.3. The fourth-order valence-corrected chi connectivity index (χ4v) is 5.21. The first-order valence-electron chi connectivity index (χ1n) is 10.1. The molecule has 1 amide bonds. The molecule has 0 aliphatic rings. The third kappa shape index (κ3) is 4.89. The summed E-state index contributed by atoms with van der Waals surface area (Å²) >= 11 is 2.96. The number of thiophene rings is 1. The van der Waals surface area contributed by atoms with Crippen LogP contribution in [0.5, 0.6) is 17.2 Å². The van der Waals surface area contributed by atoms with Crippen LogP contribution in [0.4, 0.5) is 5.69 Å². The normalized spacial score (nSPS) is 11.8. The number of hydrogen-bond acceptors (Lipinski definition) is 8. The Morgan fingerprint density at radius 3 is 2.45 bits per heavy atom. The lowest BCUT2D eigenvalue weighted by atomic mass is 10.1. The van der Waals surface area contributed by atoms with Gasteiger partial charge in [-0.15, -0.1) is 11.3 Å². The second-order valence-electron chi connectivity index (χ2n) is 7.06. The summed E-state index contributed by atoms with van der Waals surface area (Å²) in [7, 11) is 4.78. The zero-order valence-electron chi connectivity index (χ0n) is 18.6. The fourth-order valence-electron chi connectivity index (χ4n) is 3.30. The van der Waals surface area contributed by atoms with Crippen LogP contribution in [0.2, 0.25) is 0 Å². The molecule has 0 saturated heterocycles. The van der Waals surface area contributed by atoms with Crippen molar-refractivity contribution in [1.29, 1.82) is 0 Å². The van der Waals surface area contributed by atoms with Crippen LogP contribution in [0, 0.1) is 0 Å². The lowest BCUT2D eigenvalue weighted by Crippen LogP contribution is -2.22. The summed E-state index contributed by atoms with van der Waals surface area (Å²) in [6.07, 6.45) is 1.54. The molecule has 1 unspecified atom stereocenters. The van der Waals surface area contributed by atoms with E-state index in [9.17, 15) is 4.79 Å². The highest BCUT2D eigenvalue weighted by Crippen LogP contribution is 2.39. The topological polar surface area (TPSA) is 82.6 Å². The molecule has 0 radical (unpaired) electrons. The van der Waals surface area contributed by atoms with Gasteiger partial charge in [-0.2, -0.15) is 0 Å². The Morgan fingerprint density at radius 1 is 1.00 bits per heavy atom. The van der Waals surface area contributed by atoms with Crippen molar-refractivity contribution in [3.05, 3.63) is 54.2 Å². The molecule has 2 heterocycles. The second-order valence-corrected chi connectivity index (χ2v) is 9.24. The maximum absolute atomic E-state index is 12.9. The number of benzene rings is 2. The van der Waals surface area contributed by atoms with E-state index in [2.05, 4.69) is 20.7 Å². The Labute approximate surface area is 200 Å². The molecule has 1 N–H and O–H groups in total. The van der Waals surface area contributed by atoms with Crippen molar-refractivity contribution >= 4 is 44.9 Å². The highest BCUT2D eigenvalue weighted by atomic mass is 32.2. The summed E-state index contributed by atoms with van der Waals surface area (Å²) in [5.74, 6) is 1.81. The molecule has 4 aromatic rings. The van der Waals surface area contributed by atoms with Crippen LogP contribution < -0.4 is 19.5 Å². The molecule has 2 aromatic heterocycles. The minimum atomic E-state index is -0.389. The molecule has 7 nitrogen and oxygen atoms in total. The number of fused-ring (bicyclic) bond motifs is 1. The molecule has 0 spiro atoms. The number of rotatable bonds is 8. The van der Waals surface area contributed by atoms with Gasteiger partial charge in [0, 0.05) is 22.7 Å². The molecule has 9 heteroatoms. The van der Waals surface area contributed by atoms with Crippen LogP contribution in [0.1, 0.15) is 6.92 Å². The summed E-state index contributed by atoms with van der Waals surface area (Å²) in [4.78, 5) is 22.7. The number of hydrogen-bond donors (Lipinski definition) is 1. The molecular weight excluding hydrogens is 458 g/mol. The molecule has 0 aliphatic heterocycles. The average molecular weight is 482 g/mol. The molecule has 0 bridgehead atoms. The standard InChI is InChI=1S/C24H23N3O4S2/c1-14(22(28)27-16-7-10-19(30-3)20(11-16)31-4)33-24-21-18(12-32-23(21)25-13-26-24)15-5-8-17(29-2)9-6-15/h5-14H,1-4H3,(H,27,28). The van der Waals surface area contributed by atoms with Crippen molar-refractivity contribution in [2.75, 3.05) is 26.6 Å². The molecule has 0 fully saturated rings. The number of anilines is 1. The highest BCUT2D eigenvalue weighted by Gasteiger charge is 2.20. The van der Waals surface area contributed by atoms with E-state index in [1.807, 2.05) is 31.2 Å². The summed E-state index contributed by atoms with van der Waals surface area (Å²) in [5.41, 5.74) is 2.71. The maximum Gasteiger partial charge on any atom is 0.237 e. The van der Waals surface area contributed by atoms with Gasteiger partial charge in [0.2, 0.25) is 5.91 Å². The monoisotopic (exact) mass is 481 g/mol. The minimum absolute atomic E-state index is 0.139. The first kappa shape index (κ1) is 22.9. The van der Waals surface area contributed by atoms with Gasteiger partial charge in [-0.1, -0.05) is 23.9 Å². The number of thioether (sulfide) groups is 1. The van der Waals surface area contributed by atoms with E-state index in [1.165, 1.54) is 18.1 Å². The van der Waals surface area contributed by atoms with Gasteiger partial charge >= 0.3 is 0 Å². The van der Waals surface area contributed by atoms with Crippen molar-refractivity contribution in [3.8, 4) is 28.4 Å². The van der Waals surface area contributed by atoms with E-state index in [1.54, 1.807) is 50.9 Å². The molecule has 2 aromatic carbocycles. The summed E-state index contributed by atoms with van der Waals surface area (Å²) in [6.45, 7) is 1.86. The van der Waals surface area contributed by atoms with E-state index in [4.69, 9.17) is 14.2 Å². The lowest BCUT2D eigenvalue weighted by Gasteiger charge is -2.14. The van der Waals surface area contributed by atoms with E-state index < -0.39 is 0 Å². The summed E-state index contributed by atoms with van der Waals surface area (Å²) in [6, 6.07) is 13.1. The molecule has 0 aliphatic carbocycles. The van der Waals surface area contributed by atoms with Crippen molar-refractivity contribution in [2.45, 2.75) is 17.2 Å². The lowest BCUT2D eigenvalue weighted by molar-refractivity contribution is -0.115. The fraction of sp³-hybridized carbons (Fsp3) is 0.208. The van der Waals surface area contributed by atoms with Crippen molar-refractivity contribution < 1.29 is 19.0 Å². The molecule has 1 atom stereocenters. The third-order valence-corrected chi connectivity index (χ3v) is 7.03. The first-order valence-corrected chi connectivity index (χ1v) is 11.9. The van der Waals surface area contributed by atoms with E-state index in [0.717, 1.165) is 32.1 Å². The Kier molecular flexibility index (Phi) is 7.00. The Balaban J connectivity index is 1.57. The highest BCUT2D eigenvalue weighted by molar-refractivity contribution is 8.00. The van der Waals surface area contributed by atoms with Gasteiger partial charge in [-0.05, 0) is 36.8 Å². The Morgan fingerprint density at radius 2 is 1.76 bits per heavy atom. The van der Waals surface area contributed by atoms with Gasteiger partial charge in [0.15, 0.2) is 11.5 Å². The molecular formula is C24H23N3O4S2. The zero-order chi connectivity index (χ0) is 23.4. The first-order chi connectivity index (χ1) is 16.0. The largest absolute Gasteiger partial charge is 0.497 e. The van der Waals surface area contributed by atoms with Crippen molar-refractivity contribution in [1.82, 2.24) is 9.97 Å². The Hall–Kier alpha value is -3.30. The number of carbonyl (C=O) groups excluding carboxylic acids is 1. The minimum Gasteiger partial charge on any atom is -0.497 e. The second kappa shape index (κ2) is 10.1. The molecule has 4 rings (SSSR count). The smallest absolute Gasteiger partial charge is 0.237 e. The number of ether oxygens (including phenoxy) is 3. The van der Waals surface area contributed by atoms with Gasteiger partial charge in [0.25, 0.3) is 0 Å².